The molecule has 1 aromatic heterocycles. The fraction of sp³-hybridized carbons (Fsp3) is 0.316. The van der Waals surface area contributed by atoms with Gasteiger partial charge in [0.15, 0.2) is 0 Å². The molecule has 0 aliphatic heterocycles. The van der Waals surface area contributed by atoms with Crippen molar-refractivity contribution in [3.05, 3.63) is 54.4 Å². The number of benzene rings is 1. The van der Waals surface area contributed by atoms with Crippen LogP contribution in [0, 0.1) is 11.8 Å². The number of carbonyl (C=O) groups is 2. The lowest BCUT2D eigenvalue weighted by Crippen LogP contribution is -2.29. The summed E-state index contributed by atoms with van der Waals surface area (Å²) < 4.78 is 0. The van der Waals surface area contributed by atoms with E-state index in [0.29, 0.717) is 23.5 Å². The van der Waals surface area contributed by atoms with Gasteiger partial charge < -0.3 is 16.4 Å². The van der Waals surface area contributed by atoms with Crippen LogP contribution >= 0.6 is 24.8 Å². The molecule has 27 heavy (non-hydrogen) atoms. The molecule has 1 heterocycles. The summed E-state index contributed by atoms with van der Waals surface area (Å²) in [6, 6.07) is 10.4. The predicted molar refractivity (Wildman–Crippen MR) is 112 cm³/mol. The molecule has 1 aliphatic rings. The molecule has 8 heteroatoms. The van der Waals surface area contributed by atoms with Crippen molar-refractivity contribution in [1.29, 1.82) is 0 Å². The Morgan fingerprint density at radius 2 is 1.78 bits per heavy atom. The predicted octanol–water partition coefficient (Wildman–Crippen LogP) is 3.49. The summed E-state index contributed by atoms with van der Waals surface area (Å²) in [5.41, 5.74) is 7.53. The third-order valence-corrected chi connectivity index (χ3v) is 4.63. The molecule has 2 atom stereocenters. The molecule has 6 nitrogen and oxygen atoms in total. The minimum Gasteiger partial charge on any atom is -0.330 e. The maximum atomic E-state index is 12.5. The minimum atomic E-state index is -0.233. The van der Waals surface area contributed by atoms with Gasteiger partial charge in [-0.2, -0.15) is 0 Å². The quantitative estimate of drug-likeness (QED) is 0.702. The van der Waals surface area contributed by atoms with Crippen LogP contribution in [-0.4, -0.2) is 23.3 Å². The van der Waals surface area contributed by atoms with E-state index in [1.165, 1.54) is 0 Å². The second kappa shape index (κ2) is 10.9. The first-order valence-electron chi connectivity index (χ1n) is 8.50. The Hall–Kier alpha value is -2.15. The fourth-order valence-corrected chi connectivity index (χ4v) is 3.28. The Morgan fingerprint density at radius 3 is 2.48 bits per heavy atom. The van der Waals surface area contributed by atoms with E-state index in [4.69, 9.17) is 5.73 Å². The number of anilines is 2. The van der Waals surface area contributed by atoms with E-state index < -0.39 is 0 Å². The second-order valence-corrected chi connectivity index (χ2v) is 6.29. The number of pyridine rings is 1. The van der Waals surface area contributed by atoms with Crippen molar-refractivity contribution in [2.75, 3.05) is 17.2 Å². The number of nitrogens with zero attached hydrogens (tertiary/aromatic N) is 1. The third kappa shape index (κ3) is 5.92. The number of nitrogens with one attached hydrogen (secondary N) is 2. The average molecular weight is 411 g/mol. The van der Waals surface area contributed by atoms with Gasteiger partial charge in [-0.25, -0.2) is 0 Å². The van der Waals surface area contributed by atoms with Gasteiger partial charge in [-0.05, 0) is 55.6 Å². The lowest BCUT2D eigenvalue weighted by atomic mass is 9.95. The van der Waals surface area contributed by atoms with Gasteiger partial charge >= 0.3 is 0 Å². The van der Waals surface area contributed by atoms with Gasteiger partial charge in [0.25, 0.3) is 5.91 Å². The van der Waals surface area contributed by atoms with Crippen LogP contribution in [0.5, 0.6) is 0 Å². The van der Waals surface area contributed by atoms with Gasteiger partial charge in [0.05, 0.1) is 0 Å². The van der Waals surface area contributed by atoms with Gasteiger partial charge in [0.1, 0.15) is 0 Å². The molecule has 1 fully saturated rings. The smallest absolute Gasteiger partial charge is 0.255 e. The molecule has 2 amide bonds. The zero-order valence-corrected chi connectivity index (χ0v) is 16.4. The van der Waals surface area contributed by atoms with E-state index in [1.54, 1.807) is 48.8 Å². The highest BCUT2D eigenvalue weighted by Crippen LogP contribution is 2.31. The van der Waals surface area contributed by atoms with Crippen molar-refractivity contribution in [1.82, 2.24) is 4.98 Å². The number of hydrogen-bond donors (Lipinski definition) is 3. The van der Waals surface area contributed by atoms with Crippen LogP contribution in [-0.2, 0) is 4.79 Å². The first-order chi connectivity index (χ1) is 12.2. The fourth-order valence-electron chi connectivity index (χ4n) is 3.28. The molecule has 3 rings (SSSR count). The van der Waals surface area contributed by atoms with Crippen molar-refractivity contribution in [2.24, 2.45) is 17.6 Å². The van der Waals surface area contributed by atoms with E-state index in [0.717, 1.165) is 19.3 Å². The highest BCUT2D eigenvalue weighted by Gasteiger charge is 2.31. The highest BCUT2D eigenvalue weighted by atomic mass is 35.5. The summed E-state index contributed by atoms with van der Waals surface area (Å²) in [5, 5.41) is 5.72. The summed E-state index contributed by atoms with van der Waals surface area (Å²) in [6.07, 6.45) is 6.14. The molecular formula is C19H24Cl2N4O2. The van der Waals surface area contributed by atoms with Crippen LogP contribution in [0.2, 0.25) is 0 Å². The highest BCUT2D eigenvalue weighted by molar-refractivity contribution is 6.05. The van der Waals surface area contributed by atoms with Crippen molar-refractivity contribution in [2.45, 2.75) is 19.3 Å². The van der Waals surface area contributed by atoms with E-state index in [1.807, 2.05) is 0 Å². The van der Waals surface area contributed by atoms with Crippen LogP contribution in [0.15, 0.2) is 48.8 Å². The monoisotopic (exact) mass is 410 g/mol. The second-order valence-electron chi connectivity index (χ2n) is 6.29. The number of nitrogens with two attached hydrogens (primary N) is 1. The number of amides is 2. The molecule has 0 bridgehead atoms. The first kappa shape index (κ1) is 22.9. The molecule has 146 valence electrons. The summed E-state index contributed by atoms with van der Waals surface area (Å²) >= 11 is 0. The van der Waals surface area contributed by atoms with Crippen molar-refractivity contribution >= 4 is 48.0 Å². The van der Waals surface area contributed by atoms with Crippen molar-refractivity contribution in [3.8, 4) is 0 Å². The Morgan fingerprint density at radius 1 is 1.04 bits per heavy atom. The minimum absolute atomic E-state index is 0. The maximum Gasteiger partial charge on any atom is 0.255 e. The molecule has 2 aromatic rings. The summed E-state index contributed by atoms with van der Waals surface area (Å²) in [5.74, 6) is -0.0416. The normalized spacial score (nSPS) is 18.0. The first-order valence-corrected chi connectivity index (χ1v) is 8.50. The molecule has 0 spiro atoms. The topological polar surface area (TPSA) is 97.1 Å². The standard InChI is InChI=1S/C19H22N4O2.2ClH/c20-12-14-4-2-6-17(14)19(25)23-16-5-1-3-13(11-16)18(24)22-15-7-9-21-10-8-15;;/h1,3,5,7-11,14,17H,2,4,6,12,20H2,(H,23,25)(H,21,22,24);2*1H/t14-,17-;;/m1../s1. The van der Waals surface area contributed by atoms with Gasteiger partial charge in [-0.15, -0.1) is 24.8 Å². The van der Waals surface area contributed by atoms with E-state index in [9.17, 15) is 9.59 Å². The van der Waals surface area contributed by atoms with Crippen molar-refractivity contribution in [3.63, 3.8) is 0 Å². The molecular weight excluding hydrogens is 387 g/mol. The van der Waals surface area contributed by atoms with Crippen LogP contribution in [0.25, 0.3) is 0 Å². The number of hydrogen-bond acceptors (Lipinski definition) is 4. The molecule has 0 saturated heterocycles. The van der Waals surface area contributed by atoms with E-state index >= 15 is 0 Å². The van der Waals surface area contributed by atoms with Crippen LogP contribution in [0.4, 0.5) is 11.4 Å². The largest absolute Gasteiger partial charge is 0.330 e. The summed E-state index contributed by atoms with van der Waals surface area (Å²) in [6.45, 7) is 0.534. The molecule has 0 radical (unpaired) electrons. The molecule has 1 aromatic carbocycles. The molecule has 0 unspecified atom stereocenters. The number of carbonyl (C=O) groups excluding carboxylic acids is 2. The Kier molecular flexibility index (Phi) is 9.21. The number of halogens is 2. The van der Waals surface area contributed by atoms with Crippen molar-refractivity contribution < 1.29 is 9.59 Å². The molecule has 4 N–H and O–H groups in total. The van der Waals surface area contributed by atoms with Crippen LogP contribution in [0.1, 0.15) is 29.6 Å². The Balaban J connectivity index is 0.00000182. The SMILES string of the molecule is Cl.Cl.NC[C@H]1CCC[C@H]1C(=O)Nc1cccc(C(=O)Nc2ccncc2)c1. The van der Waals surface area contributed by atoms with Crippen LogP contribution in [0.3, 0.4) is 0 Å². The van der Waals surface area contributed by atoms with Crippen LogP contribution < -0.4 is 16.4 Å². The van der Waals surface area contributed by atoms with Gasteiger partial charge in [-0.1, -0.05) is 12.5 Å². The molecule has 1 saturated carbocycles. The zero-order chi connectivity index (χ0) is 17.6. The van der Waals surface area contributed by atoms with Gasteiger partial charge in [0, 0.05) is 35.2 Å². The Bertz CT molecular complexity index is 758. The average Bonchev–Trinajstić information content (AvgIpc) is 3.12. The number of aromatic nitrogens is 1. The van der Waals surface area contributed by atoms with E-state index in [-0.39, 0.29) is 48.5 Å². The van der Waals surface area contributed by atoms with E-state index in [2.05, 4.69) is 15.6 Å². The van der Waals surface area contributed by atoms with Gasteiger partial charge in [-0.3, -0.25) is 14.6 Å². The molecule has 1 aliphatic carbocycles. The third-order valence-electron chi connectivity index (χ3n) is 4.63. The summed E-state index contributed by atoms with van der Waals surface area (Å²) in [7, 11) is 0. The lowest BCUT2D eigenvalue weighted by molar-refractivity contribution is -0.120. The zero-order valence-electron chi connectivity index (χ0n) is 14.8. The lowest BCUT2D eigenvalue weighted by Gasteiger charge is -2.17. The number of rotatable bonds is 5. The van der Waals surface area contributed by atoms with Gasteiger partial charge in [0.2, 0.25) is 5.91 Å². The summed E-state index contributed by atoms with van der Waals surface area (Å²) in [4.78, 5) is 28.7. The Labute approximate surface area is 171 Å². The maximum absolute atomic E-state index is 12.5.